The van der Waals surface area contributed by atoms with Gasteiger partial charge in [-0.15, -0.1) is 10.2 Å². The van der Waals surface area contributed by atoms with Gasteiger partial charge in [-0.1, -0.05) is 23.7 Å². The van der Waals surface area contributed by atoms with E-state index < -0.39 is 0 Å². The Morgan fingerprint density at radius 3 is 2.19 bits per heavy atom. The molecular formula is C23H28ClN5O3. The number of carbonyl (C=O) groups is 2. The lowest BCUT2D eigenvalue weighted by Gasteiger charge is -2.38. The van der Waals surface area contributed by atoms with Gasteiger partial charge in [-0.05, 0) is 44.0 Å². The number of hydrogen-bond acceptors (Lipinski definition) is 6. The number of hydrogen-bond donors (Lipinski definition) is 0. The summed E-state index contributed by atoms with van der Waals surface area (Å²) in [7, 11) is 0. The normalized spacial score (nSPS) is 17.4. The lowest BCUT2D eigenvalue weighted by atomic mass is 9.95. The molecule has 1 aromatic heterocycles. The molecule has 3 heterocycles. The zero-order valence-corrected chi connectivity index (χ0v) is 19.0. The zero-order chi connectivity index (χ0) is 22.5. The molecule has 4 rings (SSSR count). The van der Waals surface area contributed by atoms with Crippen LogP contribution in [0.15, 0.2) is 36.4 Å². The van der Waals surface area contributed by atoms with Crippen molar-refractivity contribution >= 4 is 29.4 Å². The summed E-state index contributed by atoms with van der Waals surface area (Å²) in [5, 5.41) is 9.45. The lowest BCUT2D eigenvalue weighted by molar-refractivity contribution is -0.137. The average molecular weight is 458 g/mol. The van der Waals surface area contributed by atoms with Crippen molar-refractivity contribution in [1.29, 1.82) is 0 Å². The monoisotopic (exact) mass is 457 g/mol. The van der Waals surface area contributed by atoms with Crippen LogP contribution in [0.4, 0.5) is 10.6 Å². The third-order valence-electron chi connectivity index (χ3n) is 6.08. The number of halogens is 1. The quantitative estimate of drug-likeness (QED) is 0.700. The molecule has 2 aliphatic rings. The molecule has 1 aromatic carbocycles. The summed E-state index contributed by atoms with van der Waals surface area (Å²) in [6.45, 7) is 5.89. The van der Waals surface area contributed by atoms with Gasteiger partial charge >= 0.3 is 6.09 Å². The van der Waals surface area contributed by atoms with Crippen LogP contribution in [0.1, 0.15) is 19.8 Å². The van der Waals surface area contributed by atoms with Crippen molar-refractivity contribution in [3.8, 4) is 11.3 Å². The average Bonchev–Trinajstić information content (AvgIpc) is 2.84. The highest BCUT2D eigenvalue weighted by atomic mass is 35.5. The van der Waals surface area contributed by atoms with Crippen molar-refractivity contribution in [2.24, 2.45) is 5.92 Å². The Bertz CT molecular complexity index is 922. The zero-order valence-electron chi connectivity index (χ0n) is 18.2. The van der Waals surface area contributed by atoms with Crippen molar-refractivity contribution < 1.29 is 14.3 Å². The second-order valence-corrected chi connectivity index (χ2v) is 8.49. The molecule has 0 atom stereocenters. The van der Waals surface area contributed by atoms with Crippen LogP contribution >= 0.6 is 11.6 Å². The Balaban J connectivity index is 1.27. The highest BCUT2D eigenvalue weighted by Gasteiger charge is 2.32. The van der Waals surface area contributed by atoms with Gasteiger partial charge < -0.3 is 19.4 Å². The van der Waals surface area contributed by atoms with Crippen LogP contribution in [0.3, 0.4) is 0 Å². The van der Waals surface area contributed by atoms with Gasteiger partial charge in [0.1, 0.15) is 0 Å². The molecule has 0 spiro atoms. The van der Waals surface area contributed by atoms with E-state index in [1.165, 1.54) is 0 Å². The number of carbonyl (C=O) groups excluding carboxylic acids is 2. The van der Waals surface area contributed by atoms with E-state index in [4.69, 9.17) is 16.3 Å². The van der Waals surface area contributed by atoms with Gasteiger partial charge in [0.25, 0.3) is 0 Å². The molecule has 0 aliphatic carbocycles. The molecule has 0 unspecified atom stereocenters. The fourth-order valence-electron chi connectivity index (χ4n) is 4.21. The topological polar surface area (TPSA) is 78.9 Å². The summed E-state index contributed by atoms with van der Waals surface area (Å²) >= 11 is 5.95. The molecule has 170 valence electrons. The van der Waals surface area contributed by atoms with Gasteiger partial charge in [-0.25, -0.2) is 4.79 Å². The molecule has 8 nitrogen and oxygen atoms in total. The first-order valence-corrected chi connectivity index (χ1v) is 11.5. The first kappa shape index (κ1) is 22.3. The van der Waals surface area contributed by atoms with Crippen molar-refractivity contribution in [2.45, 2.75) is 19.8 Å². The smallest absolute Gasteiger partial charge is 0.409 e. The third-order valence-corrected chi connectivity index (χ3v) is 6.33. The summed E-state index contributed by atoms with van der Waals surface area (Å²) in [6, 6.07) is 11.5. The van der Waals surface area contributed by atoms with E-state index in [1.54, 1.807) is 11.8 Å². The van der Waals surface area contributed by atoms with E-state index in [9.17, 15) is 9.59 Å². The number of piperidine rings is 1. The van der Waals surface area contributed by atoms with Crippen LogP contribution in [0.2, 0.25) is 5.02 Å². The van der Waals surface area contributed by atoms with Crippen LogP contribution < -0.4 is 4.90 Å². The fourth-order valence-corrected chi connectivity index (χ4v) is 4.33. The second-order valence-electron chi connectivity index (χ2n) is 8.06. The molecular weight excluding hydrogens is 430 g/mol. The Morgan fingerprint density at radius 2 is 1.59 bits per heavy atom. The van der Waals surface area contributed by atoms with Crippen molar-refractivity contribution in [3.05, 3.63) is 41.4 Å². The molecule has 2 aliphatic heterocycles. The number of rotatable bonds is 4. The minimum Gasteiger partial charge on any atom is -0.450 e. The van der Waals surface area contributed by atoms with Crippen molar-refractivity contribution in [1.82, 2.24) is 20.0 Å². The molecule has 2 amide bonds. The minimum absolute atomic E-state index is 0.0155. The van der Waals surface area contributed by atoms with E-state index in [1.807, 2.05) is 41.3 Å². The van der Waals surface area contributed by atoms with Crippen LogP contribution in [0.5, 0.6) is 0 Å². The van der Waals surface area contributed by atoms with Crippen LogP contribution in [-0.4, -0.2) is 77.9 Å². The number of anilines is 1. The maximum atomic E-state index is 13.0. The van der Waals surface area contributed by atoms with E-state index in [-0.39, 0.29) is 17.9 Å². The highest BCUT2D eigenvalue weighted by Crippen LogP contribution is 2.25. The molecule has 0 bridgehead atoms. The molecule has 2 aromatic rings. The predicted octanol–water partition coefficient (Wildman–Crippen LogP) is 3.31. The predicted molar refractivity (Wildman–Crippen MR) is 123 cm³/mol. The van der Waals surface area contributed by atoms with Gasteiger partial charge in [-0.2, -0.15) is 0 Å². The summed E-state index contributed by atoms with van der Waals surface area (Å²) < 4.78 is 5.05. The van der Waals surface area contributed by atoms with Crippen LogP contribution in [0, 0.1) is 5.92 Å². The molecule has 9 heteroatoms. The van der Waals surface area contributed by atoms with Gasteiger partial charge in [0.15, 0.2) is 5.82 Å². The number of amides is 2. The van der Waals surface area contributed by atoms with Crippen molar-refractivity contribution in [2.75, 3.05) is 50.8 Å². The number of benzene rings is 1. The summed E-state index contributed by atoms with van der Waals surface area (Å²) in [6.07, 6.45) is 1.28. The van der Waals surface area contributed by atoms with E-state index >= 15 is 0 Å². The summed E-state index contributed by atoms with van der Waals surface area (Å²) in [5.41, 5.74) is 1.78. The first-order chi connectivity index (χ1) is 15.5. The maximum absolute atomic E-state index is 13.0. The Kier molecular flexibility index (Phi) is 7.09. The second kappa shape index (κ2) is 10.2. The largest absolute Gasteiger partial charge is 0.450 e. The molecule has 2 fully saturated rings. The fraction of sp³-hybridized carbons (Fsp3) is 0.478. The summed E-state index contributed by atoms with van der Waals surface area (Å²) in [5.74, 6) is 1.04. The Hall–Kier alpha value is -2.87. The Labute approximate surface area is 193 Å². The molecule has 2 saturated heterocycles. The van der Waals surface area contributed by atoms with Crippen molar-refractivity contribution in [3.63, 3.8) is 0 Å². The number of ether oxygens (including phenoxy) is 1. The molecule has 0 radical (unpaired) electrons. The van der Waals surface area contributed by atoms with Crippen LogP contribution in [-0.2, 0) is 9.53 Å². The molecule has 0 saturated carbocycles. The molecule has 32 heavy (non-hydrogen) atoms. The van der Waals surface area contributed by atoms with Gasteiger partial charge in [0, 0.05) is 55.8 Å². The first-order valence-electron chi connectivity index (χ1n) is 11.1. The summed E-state index contributed by atoms with van der Waals surface area (Å²) in [4.78, 5) is 30.5. The third kappa shape index (κ3) is 5.12. The molecule has 0 N–H and O–H groups in total. The number of aromatic nitrogens is 2. The minimum atomic E-state index is -0.295. The van der Waals surface area contributed by atoms with E-state index in [0.29, 0.717) is 37.8 Å². The Morgan fingerprint density at radius 1 is 0.938 bits per heavy atom. The van der Waals surface area contributed by atoms with Crippen LogP contribution in [0.25, 0.3) is 11.3 Å². The van der Waals surface area contributed by atoms with Gasteiger partial charge in [0.05, 0.1) is 12.3 Å². The lowest BCUT2D eigenvalue weighted by Crippen LogP contribution is -2.53. The standard InChI is InChI=1S/C23H28ClN5O3/c1-2-32-23(31)29-15-13-28(14-16-29)22(30)18-9-11-27(12-10-18)21-8-7-20(25-26-21)17-3-5-19(24)6-4-17/h3-8,18H,2,9-16H2,1H3. The highest BCUT2D eigenvalue weighted by molar-refractivity contribution is 6.30. The maximum Gasteiger partial charge on any atom is 0.409 e. The van der Waals surface area contributed by atoms with Gasteiger partial charge in [-0.3, -0.25) is 4.79 Å². The van der Waals surface area contributed by atoms with E-state index in [0.717, 1.165) is 43.0 Å². The number of piperazine rings is 1. The SMILES string of the molecule is CCOC(=O)N1CCN(C(=O)C2CCN(c3ccc(-c4ccc(Cl)cc4)nn3)CC2)CC1. The number of nitrogens with zero attached hydrogens (tertiary/aromatic N) is 5. The van der Waals surface area contributed by atoms with Gasteiger partial charge in [0.2, 0.25) is 5.91 Å². The van der Waals surface area contributed by atoms with E-state index in [2.05, 4.69) is 15.1 Å².